The first-order valence-electron chi connectivity index (χ1n) is 9.27. The molecule has 30 heavy (non-hydrogen) atoms. The van der Waals surface area contributed by atoms with Crippen molar-refractivity contribution >= 4 is 39.3 Å². The summed E-state index contributed by atoms with van der Waals surface area (Å²) in [5, 5.41) is 5.15. The molecule has 0 aliphatic carbocycles. The predicted molar refractivity (Wildman–Crippen MR) is 123 cm³/mol. The van der Waals surface area contributed by atoms with Gasteiger partial charge in [0.25, 0.3) is 0 Å². The predicted octanol–water partition coefficient (Wildman–Crippen LogP) is 5.02. The minimum Gasteiger partial charge on any atom is -0.493 e. The standard InChI is InChI=1S/C23H20N4O2S/c1-28-19-13-12-16(14-20(19)29-2)15-24-27-22(25-17-8-4-3-5-9-17)23-26-18-10-6-7-11-21(18)30-23/h3-15H,1-2H3,(H,25,27)/b24-15+. The van der Waals surface area contributed by atoms with Crippen LogP contribution in [0.25, 0.3) is 10.2 Å². The van der Waals surface area contributed by atoms with Crippen LogP contribution in [0.2, 0.25) is 0 Å². The number of nitrogens with zero attached hydrogens (tertiary/aromatic N) is 3. The number of nitrogens with one attached hydrogen (secondary N) is 1. The van der Waals surface area contributed by atoms with Crippen molar-refractivity contribution in [3.8, 4) is 11.5 Å². The van der Waals surface area contributed by atoms with Gasteiger partial charge < -0.3 is 9.47 Å². The van der Waals surface area contributed by atoms with Crippen molar-refractivity contribution in [2.45, 2.75) is 0 Å². The van der Waals surface area contributed by atoms with Crippen LogP contribution in [-0.2, 0) is 0 Å². The summed E-state index contributed by atoms with van der Waals surface area (Å²) in [4.78, 5) is 9.41. The number of benzene rings is 3. The summed E-state index contributed by atoms with van der Waals surface area (Å²) in [5.74, 6) is 1.90. The molecule has 0 fully saturated rings. The second-order valence-corrected chi connectivity index (χ2v) is 7.30. The SMILES string of the molecule is COc1ccc(/C=N/NC(=Nc2ccccc2)c2nc3ccccc3s2)cc1OC. The van der Waals surface area contributed by atoms with Crippen molar-refractivity contribution in [1.82, 2.24) is 10.4 Å². The fourth-order valence-corrected chi connectivity index (χ4v) is 3.73. The quantitative estimate of drug-likeness (QED) is 0.272. The first-order valence-corrected chi connectivity index (χ1v) is 10.1. The number of thiazole rings is 1. The van der Waals surface area contributed by atoms with E-state index >= 15 is 0 Å². The van der Waals surface area contributed by atoms with Gasteiger partial charge in [0.05, 0.1) is 36.3 Å². The van der Waals surface area contributed by atoms with E-state index in [2.05, 4.69) is 10.5 Å². The molecular formula is C23H20N4O2S. The van der Waals surface area contributed by atoms with Crippen molar-refractivity contribution in [1.29, 1.82) is 0 Å². The Hall–Kier alpha value is -3.71. The summed E-state index contributed by atoms with van der Waals surface area (Å²) in [5.41, 5.74) is 5.67. The fourth-order valence-electron chi connectivity index (χ4n) is 2.83. The van der Waals surface area contributed by atoms with Crippen LogP contribution in [0.1, 0.15) is 10.6 Å². The Bertz CT molecular complexity index is 1170. The molecule has 0 unspecified atom stereocenters. The molecule has 1 heterocycles. The molecule has 0 amide bonds. The number of aromatic nitrogens is 1. The highest BCUT2D eigenvalue weighted by molar-refractivity contribution is 7.20. The topological polar surface area (TPSA) is 68.1 Å². The van der Waals surface area contributed by atoms with Gasteiger partial charge >= 0.3 is 0 Å². The molecule has 150 valence electrons. The van der Waals surface area contributed by atoms with Crippen LogP contribution in [0, 0.1) is 0 Å². The summed E-state index contributed by atoms with van der Waals surface area (Å²) in [6, 6.07) is 23.3. The lowest BCUT2D eigenvalue weighted by molar-refractivity contribution is 0.355. The molecule has 6 nitrogen and oxygen atoms in total. The molecule has 0 radical (unpaired) electrons. The van der Waals surface area contributed by atoms with E-state index in [1.54, 1.807) is 31.8 Å². The molecule has 0 saturated heterocycles. The van der Waals surface area contributed by atoms with E-state index in [9.17, 15) is 0 Å². The zero-order valence-corrected chi connectivity index (χ0v) is 17.4. The molecule has 0 saturated carbocycles. The van der Waals surface area contributed by atoms with Gasteiger partial charge in [-0.25, -0.2) is 9.98 Å². The first kappa shape index (κ1) is 19.6. The highest BCUT2D eigenvalue weighted by atomic mass is 32.1. The molecule has 0 aliphatic rings. The Morgan fingerprint density at radius 2 is 1.70 bits per heavy atom. The third kappa shape index (κ3) is 4.47. The molecule has 4 aromatic rings. The van der Waals surface area contributed by atoms with Gasteiger partial charge in [-0.05, 0) is 48.0 Å². The first-order chi connectivity index (χ1) is 14.8. The third-order valence-corrected chi connectivity index (χ3v) is 5.33. The molecule has 0 bridgehead atoms. The van der Waals surface area contributed by atoms with Crippen molar-refractivity contribution in [3.05, 3.63) is 83.4 Å². The number of hydrogen-bond acceptors (Lipinski definition) is 6. The number of methoxy groups -OCH3 is 2. The minimum absolute atomic E-state index is 0.583. The van der Waals surface area contributed by atoms with Crippen LogP contribution in [0.4, 0.5) is 5.69 Å². The second kappa shape index (κ2) is 9.19. The van der Waals surface area contributed by atoms with Crippen molar-refractivity contribution in [3.63, 3.8) is 0 Å². The van der Waals surface area contributed by atoms with Crippen molar-refractivity contribution in [2.75, 3.05) is 14.2 Å². The maximum atomic E-state index is 5.35. The van der Waals surface area contributed by atoms with Crippen LogP contribution in [0.3, 0.4) is 0 Å². The van der Waals surface area contributed by atoms with E-state index in [1.807, 2.05) is 72.8 Å². The molecule has 1 aromatic heterocycles. The van der Waals surface area contributed by atoms with Gasteiger partial charge in [-0.3, -0.25) is 5.43 Å². The number of para-hydroxylation sites is 2. The van der Waals surface area contributed by atoms with Gasteiger partial charge in [-0.2, -0.15) is 5.10 Å². The lowest BCUT2D eigenvalue weighted by atomic mass is 10.2. The average molecular weight is 417 g/mol. The number of hydrazone groups is 1. The van der Waals surface area contributed by atoms with Gasteiger partial charge in [0.15, 0.2) is 22.3 Å². The van der Waals surface area contributed by atoms with E-state index in [1.165, 1.54) is 0 Å². The van der Waals surface area contributed by atoms with Gasteiger partial charge in [0.1, 0.15) is 0 Å². The smallest absolute Gasteiger partial charge is 0.183 e. The largest absolute Gasteiger partial charge is 0.493 e. The highest BCUT2D eigenvalue weighted by Gasteiger charge is 2.10. The highest BCUT2D eigenvalue weighted by Crippen LogP contribution is 2.27. The lowest BCUT2D eigenvalue weighted by Crippen LogP contribution is -2.18. The maximum absolute atomic E-state index is 5.35. The molecule has 0 atom stereocenters. The Balaban J connectivity index is 1.63. The molecule has 1 N–H and O–H groups in total. The van der Waals surface area contributed by atoms with E-state index in [4.69, 9.17) is 19.5 Å². The number of hydrogen-bond donors (Lipinski definition) is 1. The number of rotatable bonds is 6. The van der Waals surface area contributed by atoms with Crippen molar-refractivity contribution in [2.24, 2.45) is 10.1 Å². The Kier molecular flexibility index (Phi) is 6.01. The fraction of sp³-hybridized carbons (Fsp3) is 0.0870. The van der Waals surface area contributed by atoms with E-state index < -0.39 is 0 Å². The molecular weight excluding hydrogens is 396 g/mol. The molecule has 3 aromatic carbocycles. The number of aliphatic imine (C=N–C) groups is 1. The third-order valence-electron chi connectivity index (χ3n) is 4.29. The zero-order valence-electron chi connectivity index (χ0n) is 16.6. The second-order valence-electron chi connectivity index (χ2n) is 6.27. The Morgan fingerprint density at radius 1 is 0.933 bits per heavy atom. The number of amidine groups is 1. The van der Waals surface area contributed by atoms with Crippen molar-refractivity contribution < 1.29 is 9.47 Å². The summed E-state index contributed by atoms with van der Waals surface area (Å²) in [6.45, 7) is 0. The van der Waals surface area contributed by atoms with Crippen LogP contribution in [0.5, 0.6) is 11.5 Å². The van der Waals surface area contributed by atoms with Crippen LogP contribution < -0.4 is 14.9 Å². The van der Waals surface area contributed by atoms with Gasteiger partial charge in [-0.15, -0.1) is 11.3 Å². The summed E-state index contributed by atoms with van der Waals surface area (Å²) in [7, 11) is 3.21. The summed E-state index contributed by atoms with van der Waals surface area (Å²) in [6.07, 6.45) is 1.70. The van der Waals surface area contributed by atoms with Crippen LogP contribution in [-0.4, -0.2) is 31.3 Å². The lowest BCUT2D eigenvalue weighted by Gasteiger charge is -2.07. The number of ether oxygens (including phenoxy) is 2. The maximum Gasteiger partial charge on any atom is 0.183 e. The van der Waals surface area contributed by atoms with Crippen LogP contribution >= 0.6 is 11.3 Å². The average Bonchev–Trinajstić information content (AvgIpc) is 3.23. The zero-order chi connectivity index (χ0) is 20.8. The minimum atomic E-state index is 0.583. The van der Waals surface area contributed by atoms with Gasteiger partial charge in [0.2, 0.25) is 0 Å². The van der Waals surface area contributed by atoms with Gasteiger partial charge in [0, 0.05) is 0 Å². The normalized spacial score (nSPS) is 11.7. The van der Waals surface area contributed by atoms with E-state index in [0.29, 0.717) is 17.3 Å². The van der Waals surface area contributed by atoms with E-state index in [-0.39, 0.29) is 0 Å². The number of fused-ring (bicyclic) bond motifs is 1. The molecule has 7 heteroatoms. The molecule has 4 rings (SSSR count). The molecule has 0 spiro atoms. The Labute approximate surface area is 178 Å². The van der Waals surface area contributed by atoms with Gasteiger partial charge in [-0.1, -0.05) is 30.3 Å². The molecule has 0 aliphatic heterocycles. The van der Waals surface area contributed by atoms with Crippen LogP contribution in [0.15, 0.2) is 82.9 Å². The monoisotopic (exact) mass is 416 g/mol. The Morgan fingerprint density at radius 3 is 2.47 bits per heavy atom. The van der Waals surface area contributed by atoms with E-state index in [0.717, 1.165) is 26.5 Å². The summed E-state index contributed by atoms with van der Waals surface area (Å²) >= 11 is 1.57. The summed E-state index contributed by atoms with van der Waals surface area (Å²) < 4.78 is 11.7.